The van der Waals surface area contributed by atoms with Crippen molar-refractivity contribution in [3.8, 4) is 0 Å². The van der Waals surface area contributed by atoms with E-state index in [1.54, 1.807) is 0 Å². The predicted molar refractivity (Wildman–Crippen MR) is 104 cm³/mol. The molecule has 0 amide bonds. The van der Waals surface area contributed by atoms with Crippen LogP contribution in [0, 0.1) is 29.7 Å². The molecule has 0 N–H and O–H groups in total. The molecule has 0 radical (unpaired) electrons. The zero-order chi connectivity index (χ0) is 12.5. The third-order valence-corrected chi connectivity index (χ3v) is 3.00. The number of hydrogen-bond acceptors (Lipinski definition) is 0. The van der Waals surface area contributed by atoms with Gasteiger partial charge in [-0.05, 0) is 0 Å². The van der Waals surface area contributed by atoms with Crippen molar-refractivity contribution in [3.63, 3.8) is 0 Å². The van der Waals surface area contributed by atoms with Gasteiger partial charge in [0.25, 0.3) is 0 Å². The minimum atomic E-state index is 0. The molecule has 0 unspecified atom stereocenters. The van der Waals surface area contributed by atoms with Crippen molar-refractivity contribution in [2.24, 2.45) is 0 Å². The summed E-state index contributed by atoms with van der Waals surface area (Å²) in [7, 11) is 0. The summed E-state index contributed by atoms with van der Waals surface area (Å²) in [5.74, 6) is 0. The first-order chi connectivity index (χ1) is 8.00. The fourth-order valence-electron chi connectivity index (χ4n) is 2.12. The van der Waals surface area contributed by atoms with Crippen molar-refractivity contribution in [2.75, 3.05) is 0 Å². The second-order valence-corrected chi connectivity index (χ2v) is 4.24. The van der Waals surface area contributed by atoms with Crippen molar-refractivity contribution in [1.29, 1.82) is 0 Å². The smallest absolute Gasteiger partial charge is 0.358 e. The third-order valence-electron chi connectivity index (χ3n) is 3.00. The van der Waals surface area contributed by atoms with Crippen LogP contribution in [0.5, 0.6) is 0 Å². The molecule has 2 aliphatic rings. The van der Waals surface area contributed by atoms with Crippen LogP contribution in [0.3, 0.4) is 0 Å². The SMILES string of the molecule is C1CCCC1.C1CCCCCC1.CC.CC.[CH3-].[CH3-].[CH3-].[CH3-].[Ti+4]. The molecule has 0 heterocycles. The molecule has 0 aromatic carbocycles. The summed E-state index contributed by atoms with van der Waals surface area (Å²) in [5, 5.41) is 0. The fraction of sp³-hybridized carbons (Fsp3) is 0.800. The van der Waals surface area contributed by atoms with E-state index in [0.29, 0.717) is 0 Å². The predicted octanol–water partition coefficient (Wildman–Crippen LogP) is 8.53. The van der Waals surface area contributed by atoms with Crippen LogP contribution in [0.15, 0.2) is 0 Å². The van der Waals surface area contributed by atoms with Crippen molar-refractivity contribution in [3.05, 3.63) is 29.7 Å². The molecule has 0 aliphatic heterocycles. The third kappa shape index (κ3) is 44.9. The summed E-state index contributed by atoms with van der Waals surface area (Å²) in [6, 6.07) is 0. The minimum Gasteiger partial charge on any atom is -0.358 e. The Bertz CT molecular complexity index is 60.6. The quantitative estimate of drug-likeness (QED) is 0.236. The van der Waals surface area contributed by atoms with Crippen LogP contribution in [-0.4, -0.2) is 0 Å². The monoisotopic (exact) mass is 336 g/mol. The van der Waals surface area contributed by atoms with Crippen LogP contribution in [0.1, 0.15) is 105 Å². The van der Waals surface area contributed by atoms with Gasteiger partial charge in [-0.15, -0.1) is 0 Å². The second-order valence-electron chi connectivity index (χ2n) is 4.24. The van der Waals surface area contributed by atoms with E-state index in [-0.39, 0.29) is 51.4 Å². The van der Waals surface area contributed by atoms with E-state index in [0.717, 1.165) is 0 Å². The normalized spacial score (nSPS) is 14.3. The molecule has 0 aromatic rings. The topological polar surface area (TPSA) is 0 Å². The Morgan fingerprint density at radius 1 is 0.286 bits per heavy atom. The van der Waals surface area contributed by atoms with Crippen molar-refractivity contribution in [1.82, 2.24) is 0 Å². The Kier molecular flexibility index (Phi) is 102. The van der Waals surface area contributed by atoms with E-state index in [2.05, 4.69) is 0 Å². The van der Waals surface area contributed by atoms with E-state index in [1.165, 1.54) is 77.0 Å². The molecule has 2 aliphatic carbocycles. The summed E-state index contributed by atoms with van der Waals surface area (Å²) in [6.07, 6.45) is 18.0. The number of hydrogen-bond donors (Lipinski definition) is 0. The van der Waals surface area contributed by atoms with Crippen LogP contribution in [0.25, 0.3) is 0 Å². The van der Waals surface area contributed by atoms with Crippen molar-refractivity contribution in [2.45, 2.75) is 105 Å². The van der Waals surface area contributed by atoms with E-state index in [9.17, 15) is 0 Å². The van der Waals surface area contributed by atoms with Crippen LogP contribution in [0.4, 0.5) is 0 Å². The largest absolute Gasteiger partial charge is 4.00 e. The van der Waals surface area contributed by atoms with Crippen molar-refractivity contribution < 1.29 is 21.7 Å². The van der Waals surface area contributed by atoms with Crippen LogP contribution in [0.2, 0.25) is 0 Å². The first-order valence-corrected chi connectivity index (χ1v) is 8.00. The standard InChI is InChI=1S/C7H14.C5H10.2C2H6.4CH3.Ti/c1-2-4-6-7-5-3-1;1-2-4-5-3-1;2*1-2;;;;;/h1-7H2;1-5H2;2*1-2H3;4*1H3;/q;;;;4*-1;+4. The molecule has 132 valence electrons. The van der Waals surface area contributed by atoms with Gasteiger partial charge in [-0.1, -0.05) is 105 Å². The zero-order valence-electron chi connectivity index (χ0n) is 17.0. The van der Waals surface area contributed by atoms with Gasteiger partial charge in [-0.3, -0.25) is 0 Å². The molecule has 2 saturated carbocycles. The molecule has 21 heavy (non-hydrogen) atoms. The molecule has 0 atom stereocenters. The molecule has 0 nitrogen and oxygen atoms in total. The van der Waals surface area contributed by atoms with Crippen molar-refractivity contribution >= 4 is 0 Å². The second kappa shape index (κ2) is 49.8. The van der Waals surface area contributed by atoms with Gasteiger partial charge in [0.15, 0.2) is 0 Å². The Hall–Kier alpha value is 0.714. The molecule has 0 bridgehead atoms. The Balaban J connectivity index is -0.0000000257. The maximum atomic E-state index is 2.00. The molecule has 0 saturated heterocycles. The summed E-state index contributed by atoms with van der Waals surface area (Å²) < 4.78 is 0. The van der Waals surface area contributed by atoms with Gasteiger partial charge >= 0.3 is 21.7 Å². The molecule has 2 fully saturated rings. The summed E-state index contributed by atoms with van der Waals surface area (Å²) in [5.41, 5.74) is 0. The molecular weight excluding hydrogens is 288 g/mol. The Labute approximate surface area is 156 Å². The van der Waals surface area contributed by atoms with E-state index in [1.807, 2.05) is 27.7 Å². The van der Waals surface area contributed by atoms with Gasteiger partial charge in [0.1, 0.15) is 0 Å². The number of rotatable bonds is 0. The first-order valence-electron chi connectivity index (χ1n) is 8.00. The average Bonchev–Trinajstić information content (AvgIpc) is 2.83. The molecule has 0 aromatic heterocycles. The van der Waals surface area contributed by atoms with Gasteiger partial charge in [0.05, 0.1) is 0 Å². The molecule has 1 heteroatoms. The summed E-state index contributed by atoms with van der Waals surface area (Å²) >= 11 is 0. The molecule has 2 rings (SSSR count). The Morgan fingerprint density at radius 2 is 0.333 bits per heavy atom. The van der Waals surface area contributed by atoms with Gasteiger partial charge in [-0.25, -0.2) is 0 Å². The van der Waals surface area contributed by atoms with Gasteiger partial charge in [0.2, 0.25) is 0 Å². The van der Waals surface area contributed by atoms with E-state index >= 15 is 0 Å². The van der Waals surface area contributed by atoms with E-state index < -0.39 is 0 Å². The summed E-state index contributed by atoms with van der Waals surface area (Å²) in [4.78, 5) is 0. The first kappa shape index (κ1) is 43.0. The Morgan fingerprint density at radius 3 is 0.381 bits per heavy atom. The van der Waals surface area contributed by atoms with Crippen LogP contribution < -0.4 is 0 Å². The van der Waals surface area contributed by atoms with E-state index in [4.69, 9.17) is 0 Å². The zero-order valence-corrected chi connectivity index (χ0v) is 18.5. The van der Waals surface area contributed by atoms with Crippen LogP contribution >= 0.6 is 0 Å². The maximum Gasteiger partial charge on any atom is 4.00 e. The molecular formula is C20H48Ti. The van der Waals surface area contributed by atoms with Gasteiger partial charge in [0, 0.05) is 0 Å². The maximum absolute atomic E-state index is 2.00. The minimum absolute atomic E-state index is 0. The van der Waals surface area contributed by atoms with Crippen LogP contribution in [-0.2, 0) is 21.7 Å². The molecule has 0 spiro atoms. The van der Waals surface area contributed by atoms with Gasteiger partial charge in [-0.2, -0.15) is 0 Å². The van der Waals surface area contributed by atoms with Gasteiger partial charge < -0.3 is 29.7 Å². The average molecular weight is 336 g/mol. The fourth-order valence-corrected chi connectivity index (χ4v) is 2.12. The summed E-state index contributed by atoms with van der Waals surface area (Å²) in [6.45, 7) is 8.00.